The van der Waals surface area contributed by atoms with Gasteiger partial charge in [0.15, 0.2) is 0 Å². The van der Waals surface area contributed by atoms with Gasteiger partial charge < -0.3 is 21.7 Å². The number of hydrogen-bond acceptors (Lipinski definition) is 6. The lowest BCUT2D eigenvalue weighted by Gasteiger charge is -2.12. The molecular weight excluding hydrogens is 486 g/mol. The van der Waals surface area contributed by atoms with E-state index in [1.165, 1.54) is 0 Å². The van der Waals surface area contributed by atoms with Gasteiger partial charge in [0.2, 0.25) is 11.6 Å². The van der Waals surface area contributed by atoms with Gasteiger partial charge in [-0.05, 0) is 61.0 Å². The molecule has 5 N–H and O–H groups in total. The highest BCUT2D eigenvalue weighted by atomic mass is 19.1. The van der Waals surface area contributed by atoms with E-state index in [4.69, 9.17) is 5.73 Å². The Morgan fingerprint density at radius 2 is 1.47 bits per heavy atom. The Balaban J connectivity index is 1.48. The zero-order valence-corrected chi connectivity index (χ0v) is 20.4. The molecule has 190 valence electrons. The van der Waals surface area contributed by atoms with Crippen LogP contribution < -0.4 is 21.7 Å². The normalized spacial score (nSPS) is 13.2. The molecule has 0 bridgehead atoms. The lowest BCUT2D eigenvalue weighted by atomic mass is 9.94. The van der Waals surface area contributed by atoms with Crippen LogP contribution in [0.4, 0.5) is 31.5 Å². The molecule has 8 heteroatoms. The van der Waals surface area contributed by atoms with Crippen LogP contribution >= 0.6 is 0 Å². The summed E-state index contributed by atoms with van der Waals surface area (Å²) in [6.45, 7) is 2.39. The molecule has 1 heterocycles. The Kier molecular flexibility index (Phi) is 6.62. The number of carbonyl (C=O) groups excluding carboxylic acids is 2. The SMILES string of the molecule is Cc1cccc(C(=O)/C(C(=O)c2cc(F)cc(F)c2)=C2\Nc3ccc(NCc4ccc(N)cc4)cc3N2)c1. The first kappa shape index (κ1) is 24.7. The van der Waals surface area contributed by atoms with Crippen molar-refractivity contribution in [1.29, 1.82) is 0 Å². The summed E-state index contributed by atoms with van der Waals surface area (Å²) in [7, 11) is 0. The fourth-order valence-electron chi connectivity index (χ4n) is 4.22. The van der Waals surface area contributed by atoms with Gasteiger partial charge in [0.05, 0.1) is 11.4 Å². The van der Waals surface area contributed by atoms with Crippen LogP contribution in [-0.4, -0.2) is 11.6 Å². The molecule has 1 aliphatic heterocycles. The van der Waals surface area contributed by atoms with Gasteiger partial charge in [-0.3, -0.25) is 9.59 Å². The molecule has 1 aliphatic rings. The van der Waals surface area contributed by atoms with Crippen molar-refractivity contribution in [1.82, 2.24) is 0 Å². The number of Topliss-reactive ketones (excluding diaryl/α,β-unsaturated/α-hetero) is 2. The summed E-state index contributed by atoms with van der Waals surface area (Å²) >= 11 is 0. The van der Waals surface area contributed by atoms with Gasteiger partial charge in [0.25, 0.3) is 0 Å². The predicted octanol–water partition coefficient (Wildman–Crippen LogP) is 6.28. The summed E-state index contributed by atoms with van der Waals surface area (Å²) in [5.74, 6) is -3.06. The number of rotatable bonds is 7. The maximum atomic E-state index is 13.9. The number of ketones is 2. The number of fused-ring (bicyclic) bond motifs is 1. The minimum absolute atomic E-state index is 0.136. The molecule has 6 nitrogen and oxygen atoms in total. The number of aryl methyl sites for hydroxylation is 1. The molecule has 4 aromatic carbocycles. The van der Waals surface area contributed by atoms with E-state index in [-0.39, 0.29) is 22.5 Å². The van der Waals surface area contributed by atoms with E-state index in [2.05, 4.69) is 16.0 Å². The van der Waals surface area contributed by atoms with E-state index in [0.29, 0.717) is 29.7 Å². The second-order valence-corrected chi connectivity index (χ2v) is 9.04. The maximum Gasteiger partial charge on any atom is 0.200 e. The van der Waals surface area contributed by atoms with Crippen molar-refractivity contribution >= 4 is 34.3 Å². The van der Waals surface area contributed by atoms with Crippen LogP contribution in [0.5, 0.6) is 0 Å². The minimum Gasteiger partial charge on any atom is -0.399 e. The number of carbonyl (C=O) groups is 2. The van der Waals surface area contributed by atoms with Crippen LogP contribution in [0, 0.1) is 18.6 Å². The van der Waals surface area contributed by atoms with Crippen LogP contribution in [0.15, 0.2) is 96.3 Å². The monoisotopic (exact) mass is 510 g/mol. The van der Waals surface area contributed by atoms with Gasteiger partial charge in [0, 0.05) is 35.1 Å². The summed E-state index contributed by atoms with van der Waals surface area (Å²) in [6, 6.07) is 22.3. The molecule has 0 saturated heterocycles. The van der Waals surface area contributed by atoms with Crippen molar-refractivity contribution in [2.75, 3.05) is 21.7 Å². The van der Waals surface area contributed by atoms with Gasteiger partial charge >= 0.3 is 0 Å². The highest BCUT2D eigenvalue weighted by molar-refractivity contribution is 6.32. The third kappa shape index (κ3) is 5.24. The Labute approximate surface area is 218 Å². The van der Waals surface area contributed by atoms with Crippen molar-refractivity contribution < 1.29 is 18.4 Å². The largest absolute Gasteiger partial charge is 0.399 e. The fraction of sp³-hybridized carbons (Fsp3) is 0.0667. The summed E-state index contributed by atoms with van der Waals surface area (Å²) in [6.07, 6.45) is 0. The first-order valence-electron chi connectivity index (χ1n) is 11.9. The fourth-order valence-corrected chi connectivity index (χ4v) is 4.22. The van der Waals surface area contributed by atoms with Gasteiger partial charge in [-0.25, -0.2) is 8.78 Å². The molecule has 38 heavy (non-hydrogen) atoms. The van der Waals surface area contributed by atoms with E-state index >= 15 is 0 Å². The maximum absolute atomic E-state index is 13.9. The summed E-state index contributed by atoms with van der Waals surface area (Å²) in [4.78, 5) is 27.1. The molecule has 4 aromatic rings. The van der Waals surface area contributed by atoms with Crippen molar-refractivity contribution in [3.63, 3.8) is 0 Å². The average molecular weight is 511 g/mol. The van der Waals surface area contributed by atoms with Crippen molar-refractivity contribution in [3.8, 4) is 0 Å². The molecule has 0 radical (unpaired) electrons. The number of nitrogen functional groups attached to an aromatic ring is 1. The topological polar surface area (TPSA) is 96.2 Å². The molecule has 0 amide bonds. The predicted molar refractivity (Wildman–Crippen MR) is 145 cm³/mol. The third-order valence-corrected chi connectivity index (χ3v) is 6.12. The van der Waals surface area contributed by atoms with Gasteiger partial charge in [-0.1, -0.05) is 35.9 Å². The number of hydrogen-bond donors (Lipinski definition) is 4. The van der Waals surface area contributed by atoms with Gasteiger partial charge in [-0.2, -0.15) is 0 Å². The minimum atomic E-state index is -0.909. The number of nitrogens with one attached hydrogen (secondary N) is 3. The Morgan fingerprint density at radius 1 is 0.789 bits per heavy atom. The summed E-state index contributed by atoms with van der Waals surface area (Å²) < 4.78 is 27.9. The zero-order valence-electron chi connectivity index (χ0n) is 20.4. The number of benzene rings is 4. The van der Waals surface area contributed by atoms with Crippen molar-refractivity contribution in [3.05, 3.63) is 130 Å². The van der Waals surface area contributed by atoms with E-state index in [0.717, 1.165) is 28.9 Å². The van der Waals surface area contributed by atoms with E-state index < -0.39 is 23.2 Å². The molecule has 0 aliphatic carbocycles. The van der Waals surface area contributed by atoms with Crippen LogP contribution in [0.25, 0.3) is 0 Å². The quantitative estimate of drug-likeness (QED) is 0.0768. The summed E-state index contributed by atoms with van der Waals surface area (Å²) in [5.41, 5.74) is 10.2. The van der Waals surface area contributed by atoms with Gasteiger partial charge in [0.1, 0.15) is 23.0 Å². The lowest BCUT2D eigenvalue weighted by molar-refractivity contribution is 0.0960. The molecule has 0 fully saturated rings. The van der Waals surface area contributed by atoms with Crippen LogP contribution in [0.1, 0.15) is 31.8 Å². The molecule has 5 rings (SSSR count). The number of halogens is 2. The van der Waals surface area contributed by atoms with Crippen LogP contribution in [0.2, 0.25) is 0 Å². The lowest BCUT2D eigenvalue weighted by Crippen LogP contribution is -2.21. The standard InChI is InChI=1S/C30H24F2N4O2/c1-17-3-2-4-19(11-17)28(37)27(29(38)20-12-21(31)14-22(32)13-20)30-35-25-10-9-24(15-26(25)36-30)34-16-18-5-7-23(33)8-6-18/h2-15,34-36H,16,33H2,1H3/b30-27-. The molecule has 0 unspecified atom stereocenters. The molecule has 0 atom stereocenters. The van der Waals surface area contributed by atoms with E-state index in [9.17, 15) is 18.4 Å². The van der Waals surface area contributed by atoms with E-state index in [1.807, 2.05) is 55.5 Å². The first-order chi connectivity index (χ1) is 18.3. The summed E-state index contributed by atoms with van der Waals surface area (Å²) in [5, 5.41) is 9.52. The van der Waals surface area contributed by atoms with Gasteiger partial charge in [-0.15, -0.1) is 0 Å². The third-order valence-electron chi connectivity index (χ3n) is 6.12. The van der Waals surface area contributed by atoms with Crippen LogP contribution in [0.3, 0.4) is 0 Å². The molecular formula is C30H24F2N4O2. The van der Waals surface area contributed by atoms with Crippen molar-refractivity contribution in [2.24, 2.45) is 0 Å². The van der Waals surface area contributed by atoms with E-state index in [1.54, 1.807) is 18.2 Å². The molecule has 0 spiro atoms. The Morgan fingerprint density at radius 3 is 2.18 bits per heavy atom. The smallest absolute Gasteiger partial charge is 0.200 e. The highest BCUT2D eigenvalue weighted by Crippen LogP contribution is 2.35. The highest BCUT2D eigenvalue weighted by Gasteiger charge is 2.30. The number of anilines is 4. The van der Waals surface area contributed by atoms with Crippen LogP contribution in [-0.2, 0) is 6.54 Å². The average Bonchev–Trinajstić information content (AvgIpc) is 3.30. The molecule has 0 aromatic heterocycles. The van der Waals surface area contributed by atoms with Crippen molar-refractivity contribution in [2.45, 2.75) is 13.5 Å². The Hall–Kier alpha value is -4.98. The Bertz CT molecular complexity index is 1580. The molecule has 0 saturated carbocycles. The number of allylic oxidation sites excluding steroid dienone is 1. The second-order valence-electron chi connectivity index (χ2n) is 9.04. The first-order valence-corrected chi connectivity index (χ1v) is 11.9. The number of nitrogens with two attached hydrogens (primary N) is 1. The second kappa shape index (κ2) is 10.2. The zero-order chi connectivity index (χ0) is 26.8.